The van der Waals surface area contributed by atoms with E-state index >= 15 is 0 Å². The maximum absolute atomic E-state index is 5.94. The van der Waals surface area contributed by atoms with E-state index in [1.54, 1.807) is 6.20 Å². The van der Waals surface area contributed by atoms with E-state index in [1.807, 2.05) is 17.4 Å². The predicted octanol–water partition coefficient (Wildman–Crippen LogP) is 5.22. The standard InChI is InChI=1S/C24H26N6O2S/c1-4-5-6-20-14(2)9-21(33-20)16-10-15(11-18-22(16)29-28-18)17-13-30(7-8-32-31-3)19-12-26-24(25)27-23(17)19/h4,9-13,28-29H,1,5-8H2,2-3H3,(H2,25,26,27). The quantitative estimate of drug-likeness (QED) is 0.120. The second-order valence-corrected chi connectivity index (χ2v) is 9.06. The van der Waals surface area contributed by atoms with Crippen molar-refractivity contribution in [3.05, 3.63) is 53.7 Å². The fourth-order valence-electron chi connectivity index (χ4n) is 4.13. The Bertz CT molecular complexity index is 1440. The summed E-state index contributed by atoms with van der Waals surface area (Å²) >= 11 is 1.84. The number of anilines is 1. The number of nitrogens with two attached hydrogens (primary N) is 1. The maximum Gasteiger partial charge on any atom is 0.220 e. The van der Waals surface area contributed by atoms with Gasteiger partial charge in [0.15, 0.2) is 0 Å². The van der Waals surface area contributed by atoms with Crippen LogP contribution in [-0.4, -0.2) is 38.4 Å². The number of fused-ring (bicyclic) bond motifs is 2. The average molecular weight is 463 g/mol. The van der Waals surface area contributed by atoms with Crippen LogP contribution < -0.4 is 5.73 Å². The van der Waals surface area contributed by atoms with Gasteiger partial charge in [-0.2, -0.15) is 0 Å². The van der Waals surface area contributed by atoms with Gasteiger partial charge < -0.3 is 10.3 Å². The summed E-state index contributed by atoms with van der Waals surface area (Å²) in [6, 6.07) is 6.63. The Morgan fingerprint density at radius 3 is 2.88 bits per heavy atom. The first-order chi connectivity index (χ1) is 16.1. The second-order valence-electron chi connectivity index (χ2n) is 7.93. The van der Waals surface area contributed by atoms with Gasteiger partial charge in [-0.05, 0) is 49.1 Å². The van der Waals surface area contributed by atoms with Gasteiger partial charge in [-0.25, -0.2) is 19.7 Å². The topological polar surface area (TPSA) is 107 Å². The predicted molar refractivity (Wildman–Crippen MR) is 133 cm³/mol. The number of hydrogen-bond donors (Lipinski definition) is 3. The molecule has 5 aromatic rings. The Morgan fingerprint density at radius 1 is 1.24 bits per heavy atom. The molecule has 1 aromatic carbocycles. The minimum Gasteiger partial charge on any atom is -0.368 e. The molecule has 9 heteroatoms. The van der Waals surface area contributed by atoms with Gasteiger partial charge in [-0.1, -0.05) is 6.08 Å². The number of hydrogen-bond acceptors (Lipinski definition) is 6. The molecule has 0 atom stereocenters. The Balaban J connectivity index is 1.62. The first-order valence-electron chi connectivity index (χ1n) is 10.8. The third-order valence-electron chi connectivity index (χ3n) is 5.80. The Kier molecular flexibility index (Phi) is 5.76. The Hall–Kier alpha value is -3.40. The summed E-state index contributed by atoms with van der Waals surface area (Å²) in [5.41, 5.74) is 14.4. The molecule has 0 aliphatic heterocycles. The van der Waals surface area contributed by atoms with Crippen LogP contribution in [0.1, 0.15) is 16.9 Å². The van der Waals surface area contributed by atoms with E-state index in [4.69, 9.17) is 15.5 Å². The minimum absolute atomic E-state index is 0.249. The van der Waals surface area contributed by atoms with Crippen LogP contribution in [0.4, 0.5) is 5.95 Å². The lowest BCUT2D eigenvalue weighted by Crippen LogP contribution is -2.04. The van der Waals surface area contributed by atoms with Gasteiger partial charge in [0.05, 0.1) is 29.9 Å². The number of nitrogens with zero attached hydrogens (tertiary/aromatic N) is 3. The summed E-state index contributed by atoms with van der Waals surface area (Å²) < 4.78 is 2.07. The maximum atomic E-state index is 5.94. The smallest absolute Gasteiger partial charge is 0.220 e. The largest absolute Gasteiger partial charge is 0.368 e. The third-order valence-corrected chi connectivity index (χ3v) is 7.13. The SMILES string of the molecule is C=CCCc1sc(-c2cc(-c3cn(CCOOC)c4cnc(N)nc34)cc3[nH][nH]c23)cc1C. The van der Waals surface area contributed by atoms with Crippen LogP contribution in [0.2, 0.25) is 0 Å². The van der Waals surface area contributed by atoms with Gasteiger partial charge in [0.2, 0.25) is 5.95 Å². The van der Waals surface area contributed by atoms with Crippen LogP contribution >= 0.6 is 11.3 Å². The van der Waals surface area contributed by atoms with Crippen molar-refractivity contribution in [1.29, 1.82) is 0 Å². The molecule has 4 heterocycles. The molecule has 5 rings (SSSR count). The first kappa shape index (κ1) is 21.4. The van der Waals surface area contributed by atoms with E-state index in [1.165, 1.54) is 28.0 Å². The molecule has 0 fully saturated rings. The summed E-state index contributed by atoms with van der Waals surface area (Å²) in [6.45, 7) is 7.05. The van der Waals surface area contributed by atoms with Crippen molar-refractivity contribution in [1.82, 2.24) is 24.7 Å². The van der Waals surface area contributed by atoms with Gasteiger partial charge >= 0.3 is 0 Å². The number of benzene rings is 1. The number of aryl methyl sites for hydroxylation is 2. The first-order valence-corrected chi connectivity index (χ1v) is 11.6. The third kappa shape index (κ3) is 3.95. The van der Waals surface area contributed by atoms with Crippen molar-refractivity contribution in [2.45, 2.75) is 26.3 Å². The summed E-state index contributed by atoms with van der Waals surface area (Å²) in [6.07, 6.45) is 7.79. The summed E-state index contributed by atoms with van der Waals surface area (Å²) in [4.78, 5) is 21.2. The van der Waals surface area contributed by atoms with Crippen molar-refractivity contribution < 1.29 is 9.78 Å². The van der Waals surface area contributed by atoms with Crippen molar-refractivity contribution in [3.8, 4) is 21.6 Å². The van der Waals surface area contributed by atoms with Gasteiger partial charge in [-0.15, -0.1) is 17.9 Å². The summed E-state index contributed by atoms with van der Waals surface area (Å²) in [5.74, 6) is 0.249. The van der Waals surface area contributed by atoms with E-state index in [9.17, 15) is 0 Å². The van der Waals surface area contributed by atoms with E-state index in [0.29, 0.717) is 13.2 Å². The van der Waals surface area contributed by atoms with Gasteiger partial charge in [-0.3, -0.25) is 10.2 Å². The molecular formula is C24H26N6O2S. The fourth-order valence-corrected chi connectivity index (χ4v) is 5.34. The Labute approximate surface area is 195 Å². The summed E-state index contributed by atoms with van der Waals surface area (Å²) in [7, 11) is 1.50. The van der Waals surface area contributed by atoms with Crippen LogP contribution in [0.5, 0.6) is 0 Å². The number of thiophene rings is 1. The number of H-pyrrole nitrogens is 2. The molecule has 0 aliphatic rings. The molecule has 0 amide bonds. The highest BCUT2D eigenvalue weighted by Crippen LogP contribution is 2.40. The van der Waals surface area contributed by atoms with E-state index < -0.39 is 0 Å². The number of aromatic nitrogens is 5. The molecule has 4 N–H and O–H groups in total. The van der Waals surface area contributed by atoms with Crippen LogP contribution in [0.25, 0.3) is 43.6 Å². The van der Waals surface area contributed by atoms with Crippen LogP contribution in [0.3, 0.4) is 0 Å². The van der Waals surface area contributed by atoms with Crippen LogP contribution in [0.15, 0.2) is 43.2 Å². The lowest BCUT2D eigenvalue weighted by Gasteiger charge is -2.12. The molecule has 0 spiro atoms. The highest BCUT2D eigenvalue weighted by molar-refractivity contribution is 7.15. The molecular weight excluding hydrogens is 436 g/mol. The highest BCUT2D eigenvalue weighted by atomic mass is 32.1. The number of allylic oxidation sites excluding steroid dienone is 1. The monoisotopic (exact) mass is 462 g/mol. The second kappa shape index (κ2) is 8.86. The zero-order valence-electron chi connectivity index (χ0n) is 18.6. The van der Waals surface area contributed by atoms with Gasteiger partial charge in [0.25, 0.3) is 0 Å². The van der Waals surface area contributed by atoms with Gasteiger partial charge in [0, 0.05) is 33.6 Å². The lowest BCUT2D eigenvalue weighted by atomic mass is 10.0. The zero-order valence-corrected chi connectivity index (χ0v) is 19.5. The molecule has 4 aromatic heterocycles. The summed E-state index contributed by atoms with van der Waals surface area (Å²) in [5, 5.41) is 6.47. The number of rotatable bonds is 9. The number of nitrogen functional groups attached to an aromatic ring is 1. The van der Waals surface area contributed by atoms with Crippen molar-refractivity contribution in [2.75, 3.05) is 19.5 Å². The van der Waals surface area contributed by atoms with E-state index in [0.717, 1.165) is 46.0 Å². The Morgan fingerprint density at radius 2 is 2.12 bits per heavy atom. The van der Waals surface area contributed by atoms with Crippen LogP contribution in [-0.2, 0) is 22.7 Å². The van der Waals surface area contributed by atoms with Gasteiger partial charge in [0.1, 0.15) is 12.1 Å². The van der Waals surface area contributed by atoms with Crippen molar-refractivity contribution in [2.24, 2.45) is 0 Å². The molecule has 0 radical (unpaired) electrons. The number of aromatic amines is 2. The normalized spacial score (nSPS) is 11.7. The molecule has 33 heavy (non-hydrogen) atoms. The minimum atomic E-state index is 0.249. The number of nitrogens with one attached hydrogen (secondary N) is 2. The van der Waals surface area contributed by atoms with E-state index in [-0.39, 0.29) is 5.95 Å². The fraction of sp³-hybridized carbons (Fsp3) is 0.250. The van der Waals surface area contributed by atoms with Crippen molar-refractivity contribution in [3.63, 3.8) is 0 Å². The highest BCUT2D eigenvalue weighted by Gasteiger charge is 2.18. The van der Waals surface area contributed by atoms with Crippen LogP contribution in [0, 0.1) is 6.92 Å². The molecule has 0 unspecified atom stereocenters. The molecule has 0 aliphatic carbocycles. The molecule has 0 saturated carbocycles. The van der Waals surface area contributed by atoms with E-state index in [2.05, 4.69) is 62.6 Å². The lowest BCUT2D eigenvalue weighted by molar-refractivity contribution is -0.273. The average Bonchev–Trinajstić information content (AvgIpc) is 3.33. The molecule has 0 saturated heterocycles. The van der Waals surface area contributed by atoms with Crippen molar-refractivity contribution >= 4 is 39.4 Å². The zero-order chi connectivity index (χ0) is 22.9. The molecule has 8 nitrogen and oxygen atoms in total. The molecule has 0 bridgehead atoms. The molecule has 170 valence electrons.